The largest absolute Gasteiger partial charge is 0.337 e. The highest BCUT2D eigenvalue weighted by Crippen LogP contribution is 2.16. The number of carbonyl (C=O) groups is 1. The molecule has 1 saturated heterocycles. The Balaban J connectivity index is 2.64. The van der Waals surface area contributed by atoms with Gasteiger partial charge in [-0.2, -0.15) is 0 Å². The van der Waals surface area contributed by atoms with Crippen LogP contribution >= 0.6 is 0 Å². The molecule has 1 fully saturated rings. The van der Waals surface area contributed by atoms with E-state index in [1.165, 1.54) is 0 Å². The van der Waals surface area contributed by atoms with Crippen LogP contribution in [0.5, 0.6) is 0 Å². The Morgan fingerprint density at radius 1 is 1.50 bits per heavy atom. The van der Waals surface area contributed by atoms with Crippen LogP contribution < -0.4 is 5.73 Å². The van der Waals surface area contributed by atoms with Gasteiger partial charge in [-0.15, -0.1) is 0 Å². The van der Waals surface area contributed by atoms with Crippen molar-refractivity contribution in [3.63, 3.8) is 0 Å². The van der Waals surface area contributed by atoms with Crippen molar-refractivity contribution in [1.29, 1.82) is 0 Å². The number of nitrogens with two attached hydrogens (primary N) is 1. The highest BCUT2D eigenvalue weighted by atomic mass is 16.2. The van der Waals surface area contributed by atoms with Crippen LogP contribution in [0.4, 0.5) is 0 Å². The summed E-state index contributed by atoms with van der Waals surface area (Å²) in [5, 5.41) is 0. The second-order valence-electron chi connectivity index (χ2n) is 5.25. The van der Waals surface area contributed by atoms with Crippen LogP contribution in [0.15, 0.2) is 0 Å². The standard InChI is InChI=1S/C12H25N3O/c1-9(2)5-6-15-10(3)8-14(4)11(7-13)12(15)16/h9-11H,5-8,13H2,1-4H3. The molecule has 0 bridgehead atoms. The van der Waals surface area contributed by atoms with Gasteiger partial charge in [0, 0.05) is 25.7 Å². The van der Waals surface area contributed by atoms with Crippen LogP contribution in [0.3, 0.4) is 0 Å². The molecule has 0 aromatic carbocycles. The van der Waals surface area contributed by atoms with Crippen LogP contribution in [-0.2, 0) is 4.79 Å². The molecule has 1 aliphatic heterocycles. The van der Waals surface area contributed by atoms with Crippen molar-refractivity contribution in [2.75, 3.05) is 26.7 Å². The second-order valence-corrected chi connectivity index (χ2v) is 5.25. The molecule has 0 spiro atoms. The van der Waals surface area contributed by atoms with E-state index in [-0.39, 0.29) is 11.9 Å². The second kappa shape index (κ2) is 5.64. The summed E-state index contributed by atoms with van der Waals surface area (Å²) in [5.41, 5.74) is 5.66. The van der Waals surface area contributed by atoms with Gasteiger partial charge in [0.15, 0.2) is 0 Å². The van der Waals surface area contributed by atoms with E-state index in [9.17, 15) is 4.79 Å². The molecule has 1 heterocycles. The Labute approximate surface area is 98.8 Å². The number of amides is 1. The lowest BCUT2D eigenvalue weighted by atomic mass is 10.0. The van der Waals surface area contributed by atoms with Crippen molar-refractivity contribution in [1.82, 2.24) is 9.80 Å². The van der Waals surface area contributed by atoms with Crippen molar-refractivity contribution < 1.29 is 4.79 Å². The first-order chi connectivity index (χ1) is 7.47. The van der Waals surface area contributed by atoms with Gasteiger partial charge in [-0.3, -0.25) is 9.69 Å². The van der Waals surface area contributed by atoms with E-state index in [2.05, 4.69) is 25.7 Å². The number of hydrogen-bond acceptors (Lipinski definition) is 3. The number of rotatable bonds is 4. The van der Waals surface area contributed by atoms with Crippen LogP contribution in [0.1, 0.15) is 27.2 Å². The minimum absolute atomic E-state index is 0.122. The van der Waals surface area contributed by atoms with Crippen LogP contribution in [-0.4, -0.2) is 54.5 Å². The molecule has 0 radical (unpaired) electrons. The monoisotopic (exact) mass is 227 g/mol. The molecule has 1 aliphatic rings. The van der Waals surface area contributed by atoms with Gasteiger partial charge in [0.2, 0.25) is 5.91 Å². The summed E-state index contributed by atoms with van der Waals surface area (Å²) in [6.45, 7) is 8.69. The maximum absolute atomic E-state index is 12.2. The Hall–Kier alpha value is -0.610. The van der Waals surface area contributed by atoms with Crippen LogP contribution in [0.2, 0.25) is 0 Å². The average molecular weight is 227 g/mol. The maximum Gasteiger partial charge on any atom is 0.241 e. The summed E-state index contributed by atoms with van der Waals surface area (Å²) in [6.07, 6.45) is 1.07. The highest BCUT2D eigenvalue weighted by Gasteiger charge is 2.35. The normalized spacial score (nSPS) is 27.9. The molecular weight excluding hydrogens is 202 g/mol. The summed E-state index contributed by atoms with van der Waals surface area (Å²) in [5.74, 6) is 0.834. The fraction of sp³-hybridized carbons (Fsp3) is 0.917. The summed E-state index contributed by atoms with van der Waals surface area (Å²) in [7, 11) is 1.98. The summed E-state index contributed by atoms with van der Waals surface area (Å²) < 4.78 is 0. The van der Waals surface area contributed by atoms with Crippen LogP contribution in [0, 0.1) is 5.92 Å². The van der Waals surface area contributed by atoms with Crippen LogP contribution in [0.25, 0.3) is 0 Å². The first-order valence-electron chi connectivity index (χ1n) is 6.18. The maximum atomic E-state index is 12.2. The lowest BCUT2D eigenvalue weighted by molar-refractivity contribution is -0.144. The third-order valence-corrected chi connectivity index (χ3v) is 3.36. The molecule has 16 heavy (non-hydrogen) atoms. The van der Waals surface area contributed by atoms with E-state index < -0.39 is 0 Å². The first-order valence-corrected chi connectivity index (χ1v) is 6.18. The van der Waals surface area contributed by atoms with E-state index in [0.717, 1.165) is 19.5 Å². The number of hydrogen-bond donors (Lipinski definition) is 1. The Kier molecular flexibility index (Phi) is 4.74. The number of piperazine rings is 1. The van der Waals surface area contributed by atoms with Crippen molar-refractivity contribution in [2.24, 2.45) is 11.7 Å². The molecule has 1 amide bonds. The van der Waals surface area contributed by atoms with E-state index >= 15 is 0 Å². The van der Waals surface area contributed by atoms with E-state index in [1.807, 2.05) is 11.9 Å². The Morgan fingerprint density at radius 3 is 2.62 bits per heavy atom. The third kappa shape index (κ3) is 2.95. The van der Waals surface area contributed by atoms with Gasteiger partial charge in [-0.1, -0.05) is 13.8 Å². The van der Waals surface area contributed by atoms with Gasteiger partial charge in [0.25, 0.3) is 0 Å². The van der Waals surface area contributed by atoms with Crippen molar-refractivity contribution in [3.05, 3.63) is 0 Å². The van der Waals surface area contributed by atoms with E-state index in [1.54, 1.807) is 0 Å². The van der Waals surface area contributed by atoms with Gasteiger partial charge in [0.05, 0.1) is 0 Å². The molecule has 4 heteroatoms. The topological polar surface area (TPSA) is 49.6 Å². The predicted octanol–water partition coefficient (Wildman–Crippen LogP) is 0.522. The molecule has 1 rings (SSSR count). The molecule has 2 N–H and O–H groups in total. The van der Waals surface area contributed by atoms with Gasteiger partial charge < -0.3 is 10.6 Å². The summed E-state index contributed by atoms with van der Waals surface area (Å²) in [6, 6.07) is 0.183. The van der Waals surface area contributed by atoms with E-state index in [4.69, 9.17) is 5.73 Å². The zero-order chi connectivity index (χ0) is 12.3. The number of carbonyl (C=O) groups excluding carboxylic acids is 1. The molecule has 2 unspecified atom stereocenters. The molecule has 0 saturated carbocycles. The highest BCUT2D eigenvalue weighted by molar-refractivity contribution is 5.83. The SMILES string of the molecule is CC(C)CCN1C(=O)C(CN)N(C)CC1C. The Morgan fingerprint density at radius 2 is 2.12 bits per heavy atom. The van der Waals surface area contributed by atoms with Gasteiger partial charge in [-0.25, -0.2) is 0 Å². The summed E-state index contributed by atoms with van der Waals surface area (Å²) in [4.78, 5) is 16.3. The Bertz CT molecular complexity index is 242. The molecule has 94 valence electrons. The summed E-state index contributed by atoms with van der Waals surface area (Å²) >= 11 is 0. The fourth-order valence-corrected chi connectivity index (χ4v) is 2.25. The molecule has 0 aromatic rings. The van der Waals surface area contributed by atoms with E-state index in [0.29, 0.717) is 18.5 Å². The van der Waals surface area contributed by atoms with Gasteiger partial charge in [0.1, 0.15) is 6.04 Å². The first kappa shape index (κ1) is 13.5. The fourth-order valence-electron chi connectivity index (χ4n) is 2.25. The predicted molar refractivity (Wildman–Crippen MR) is 66.1 cm³/mol. The molecule has 0 aliphatic carbocycles. The molecular formula is C12H25N3O. The zero-order valence-electron chi connectivity index (χ0n) is 10.9. The molecule has 2 atom stereocenters. The van der Waals surface area contributed by atoms with Gasteiger partial charge >= 0.3 is 0 Å². The quantitative estimate of drug-likeness (QED) is 0.762. The minimum Gasteiger partial charge on any atom is -0.337 e. The molecule has 0 aromatic heterocycles. The van der Waals surface area contributed by atoms with Gasteiger partial charge in [-0.05, 0) is 26.3 Å². The minimum atomic E-state index is -0.122. The average Bonchev–Trinajstić information content (AvgIpc) is 2.16. The smallest absolute Gasteiger partial charge is 0.241 e. The zero-order valence-corrected chi connectivity index (χ0v) is 10.9. The number of nitrogens with zero attached hydrogens (tertiary/aromatic N) is 2. The molecule has 4 nitrogen and oxygen atoms in total. The van der Waals surface area contributed by atoms with Crippen molar-refractivity contribution >= 4 is 5.91 Å². The number of likely N-dealkylation sites (N-methyl/N-ethyl adjacent to an activating group) is 1. The lowest BCUT2D eigenvalue weighted by Gasteiger charge is -2.43. The van der Waals surface area contributed by atoms with Crippen molar-refractivity contribution in [3.8, 4) is 0 Å². The lowest BCUT2D eigenvalue weighted by Crippen LogP contribution is -2.61. The van der Waals surface area contributed by atoms with Crippen molar-refractivity contribution in [2.45, 2.75) is 39.3 Å². The third-order valence-electron chi connectivity index (χ3n) is 3.36.